The molecule has 1 aliphatic heterocycles. The number of hydrogen-bond donors (Lipinski definition) is 1. The summed E-state index contributed by atoms with van der Waals surface area (Å²) in [7, 11) is 0. The summed E-state index contributed by atoms with van der Waals surface area (Å²) in [6, 6.07) is 13.2. The Morgan fingerprint density at radius 1 is 1.04 bits per heavy atom. The first kappa shape index (κ1) is 19.4. The molecule has 2 aromatic carbocycles. The molecule has 0 radical (unpaired) electrons. The molecule has 0 saturated carbocycles. The Kier molecular flexibility index (Phi) is 6.14. The highest BCUT2D eigenvalue weighted by Gasteiger charge is 2.19. The molecule has 0 aliphatic carbocycles. The van der Waals surface area contributed by atoms with Gasteiger partial charge in [0, 0.05) is 48.1 Å². The normalized spacial score (nSPS) is 14.9. The number of nitrogens with zero attached hydrogens (tertiary/aromatic N) is 2. The summed E-state index contributed by atoms with van der Waals surface area (Å²) in [5, 5.41) is 3.60. The molecule has 1 aliphatic rings. The Balaban J connectivity index is 1.51. The van der Waals surface area contributed by atoms with Crippen molar-refractivity contribution in [2.75, 3.05) is 42.9 Å². The van der Waals surface area contributed by atoms with Gasteiger partial charge in [-0.15, -0.1) is 0 Å². The molecule has 1 saturated heterocycles. The van der Waals surface area contributed by atoms with Gasteiger partial charge in [0.1, 0.15) is 0 Å². The quantitative estimate of drug-likeness (QED) is 0.799. The van der Waals surface area contributed by atoms with E-state index in [0.717, 1.165) is 48.7 Å². The van der Waals surface area contributed by atoms with Crippen molar-refractivity contribution in [2.45, 2.75) is 13.8 Å². The molecular weight excluding hydrogens is 362 g/mol. The summed E-state index contributed by atoms with van der Waals surface area (Å²) < 4.78 is 0. The third-order valence-corrected chi connectivity index (χ3v) is 5.33. The van der Waals surface area contributed by atoms with Gasteiger partial charge in [0.05, 0.1) is 6.54 Å². The number of carbonyl (C=O) groups is 2. The first-order valence-corrected chi connectivity index (χ1v) is 9.45. The van der Waals surface area contributed by atoms with Gasteiger partial charge in [0.2, 0.25) is 5.91 Å². The highest BCUT2D eigenvalue weighted by Crippen LogP contribution is 2.23. The smallest absolute Gasteiger partial charge is 0.238 e. The van der Waals surface area contributed by atoms with E-state index < -0.39 is 0 Å². The number of halogens is 1. The van der Waals surface area contributed by atoms with Gasteiger partial charge >= 0.3 is 0 Å². The molecule has 2 aromatic rings. The summed E-state index contributed by atoms with van der Waals surface area (Å²) in [6.07, 6.45) is 0. The Bertz CT molecular complexity index is 828. The number of benzene rings is 2. The predicted molar refractivity (Wildman–Crippen MR) is 110 cm³/mol. The SMILES string of the molecule is CC(=O)c1ccc(N2CCN(CC(=O)Nc3cccc(Cl)c3C)CC2)cc1. The fraction of sp³-hybridized carbons (Fsp3) is 0.333. The molecule has 6 heteroatoms. The number of Topliss-reactive ketones (excluding diaryl/α,β-unsaturated/α-hetero) is 1. The monoisotopic (exact) mass is 385 g/mol. The summed E-state index contributed by atoms with van der Waals surface area (Å²) in [4.78, 5) is 28.2. The highest BCUT2D eigenvalue weighted by molar-refractivity contribution is 6.31. The lowest BCUT2D eigenvalue weighted by molar-refractivity contribution is -0.117. The van der Waals surface area contributed by atoms with E-state index in [-0.39, 0.29) is 11.7 Å². The Morgan fingerprint density at radius 3 is 2.33 bits per heavy atom. The van der Waals surface area contributed by atoms with Crippen LogP contribution in [0, 0.1) is 6.92 Å². The van der Waals surface area contributed by atoms with Crippen LogP contribution < -0.4 is 10.2 Å². The number of rotatable bonds is 5. The van der Waals surface area contributed by atoms with Crippen LogP contribution in [0.2, 0.25) is 5.02 Å². The second-order valence-corrected chi connectivity index (χ2v) is 7.23. The number of hydrogen-bond acceptors (Lipinski definition) is 4. The Morgan fingerprint density at radius 2 is 1.70 bits per heavy atom. The minimum atomic E-state index is -0.0281. The molecule has 5 nitrogen and oxygen atoms in total. The van der Waals surface area contributed by atoms with Crippen molar-refractivity contribution in [1.82, 2.24) is 4.90 Å². The first-order valence-electron chi connectivity index (χ1n) is 9.07. The van der Waals surface area contributed by atoms with E-state index in [4.69, 9.17) is 11.6 Å². The van der Waals surface area contributed by atoms with Gasteiger partial charge < -0.3 is 10.2 Å². The molecule has 0 unspecified atom stereocenters. The van der Waals surface area contributed by atoms with Crippen LogP contribution >= 0.6 is 11.6 Å². The highest BCUT2D eigenvalue weighted by atomic mass is 35.5. The average molecular weight is 386 g/mol. The molecule has 27 heavy (non-hydrogen) atoms. The van der Waals surface area contributed by atoms with Gasteiger partial charge in [-0.2, -0.15) is 0 Å². The number of piperazine rings is 1. The van der Waals surface area contributed by atoms with Crippen LogP contribution in [-0.2, 0) is 4.79 Å². The maximum Gasteiger partial charge on any atom is 0.238 e. The van der Waals surface area contributed by atoms with E-state index >= 15 is 0 Å². The molecule has 1 N–H and O–H groups in total. The standard InChI is InChI=1S/C21H24ClN3O2/c1-15-19(22)4-3-5-20(15)23-21(27)14-24-10-12-25(13-11-24)18-8-6-17(7-9-18)16(2)26/h3-9H,10-14H2,1-2H3,(H,23,27). The van der Waals surface area contributed by atoms with Crippen LogP contribution in [0.1, 0.15) is 22.8 Å². The Hall–Kier alpha value is -2.37. The second kappa shape index (κ2) is 8.55. The van der Waals surface area contributed by atoms with E-state index in [1.54, 1.807) is 6.92 Å². The van der Waals surface area contributed by atoms with Gasteiger partial charge in [-0.05, 0) is 55.8 Å². The Labute approximate surface area is 164 Å². The summed E-state index contributed by atoms with van der Waals surface area (Å²) in [5.41, 5.74) is 3.48. The van der Waals surface area contributed by atoms with Crippen LogP contribution in [0.3, 0.4) is 0 Å². The van der Waals surface area contributed by atoms with Gasteiger partial charge in [-0.1, -0.05) is 17.7 Å². The van der Waals surface area contributed by atoms with Crippen molar-refractivity contribution >= 4 is 34.7 Å². The molecular formula is C21H24ClN3O2. The van der Waals surface area contributed by atoms with Crippen molar-refractivity contribution in [1.29, 1.82) is 0 Å². The number of amides is 1. The minimum Gasteiger partial charge on any atom is -0.369 e. The van der Waals surface area contributed by atoms with Crippen LogP contribution in [0.15, 0.2) is 42.5 Å². The molecule has 142 valence electrons. The lowest BCUT2D eigenvalue weighted by Gasteiger charge is -2.35. The zero-order valence-corrected chi connectivity index (χ0v) is 16.4. The fourth-order valence-corrected chi connectivity index (χ4v) is 3.38. The third-order valence-electron chi connectivity index (χ3n) is 4.92. The zero-order valence-electron chi connectivity index (χ0n) is 15.7. The maximum atomic E-state index is 12.4. The predicted octanol–water partition coefficient (Wildman–Crippen LogP) is 3.61. The van der Waals surface area contributed by atoms with Gasteiger partial charge in [-0.25, -0.2) is 0 Å². The largest absolute Gasteiger partial charge is 0.369 e. The van der Waals surface area contributed by atoms with E-state index in [0.29, 0.717) is 11.6 Å². The number of anilines is 2. The van der Waals surface area contributed by atoms with Crippen LogP contribution in [0.5, 0.6) is 0 Å². The van der Waals surface area contributed by atoms with Gasteiger partial charge in [0.15, 0.2) is 5.78 Å². The van der Waals surface area contributed by atoms with E-state index in [9.17, 15) is 9.59 Å². The summed E-state index contributed by atoms with van der Waals surface area (Å²) in [6.45, 7) is 7.17. The average Bonchev–Trinajstić information content (AvgIpc) is 2.66. The lowest BCUT2D eigenvalue weighted by Crippen LogP contribution is -2.48. The number of carbonyl (C=O) groups excluding carboxylic acids is 2. The topological polar surface area (TPSA) is 52.7 Å². The molecule has 0 aromatic heterocycles. The lowest BCUT2D eigenvalue weighted by atomic mass is 10.1. The molecule has 3 rings (SSSR count). The summed E-state index contributed by atoms with van der Waals surface area (Å²) in [5.74, 6) is 0.0481. The number of nitrogens with one attached hydrogen (secondary N) is 1. The third kappa shape index (κ3) is 4.87. The minimum absolute atomic E-state index is 0.0281. The second-order valence-electron chi connectivity index (χ2n) is 6.83. The first-order chi connectivity index (χ1) is 12.9. The van der Waals surface area contributed by atoms with Crippen LogP contribution in [0.25, 0.3) is 0 Å². The van der Waals surface area contributed by atoms with Crippen molar-refractivity contribution in [3.63, 3.8) is 0 Å². The number of ketones is 1. The molecule has 1 amide bonds. The van der Waals surface area contributed by atoms with Crippen molar-refractivity contribution < 1.29 is 9.59 Å². The zero-order chi connectivity index (χ0) is 19.4. The maximum absolute atomic E-state index is 12.4. The van der Waals surface area contributed by atoms with E-state index in [1.807, 2.05) is 49.4 Å². The molecule has 0 spiro atoms. The molecule has 1 heterocycles. The van der Waals surface area contributed by atoms with Crippen LogP contribution in [-0.4, -0.2) is 49.3 Å². The van der Waals surface area contributed by atoms with Crippen LogP contribution in [0.4, 0.5) is 11.4 Å². The molecule has 1 fully saturated rings. The fourth-order valence-electron chi connectivity index (χ4n) is 3.21. The van der Waals surface area contributed by atoms with Crippen molar-refractivity contribution in [3.05, 3.63) is 58.6 Å². The van der Waals surface area contributed by atoms with Crippen molar-refractivity contribution in [2.24, 2.45) is 0 Å². The summed E-state index contributed by atoms with van der Waals surface area (Å²) >= 11 is 6.10. The van der Waals surface area contributed by atoms with Crippen molar-refractivity contribution in [3.8, 4) is 0 Å². The molecule has 0 bridgehead atoms. The van der Waals surface area contributed by atoms with Gasteiger partial charge in [-0.3, -0.25) is 14.5 Å². The molecule has 0 atom stereocenters. The van der Waals surface area contributed by atoms with Gasteiger partial charge in [0.25, 0.3) is 0 Å². The van der Waals surface area contributed by atoms with E-state index in [1.165, 1.54) is 0 Å². The van der Waals surface area contributed by atoms with E-state index in [2.05, 4.69) is 15.1 Å².